The molecule has 1 unspecified atom stereocenters. The van der Waals surface area contributed by atoms with Gasteiger partial charge in [0.25, 0.3) is 0 Å². The Bertz CT molecular complexity index is 145. The fraction of sp³-hybridized carbons (Fsp3) is 0.917. The normalized spacial score (nSPS) is 12.8. The van der Waals surface area contributed by atoms with E-state index in [1.807, 2.05) is 6.92 Å². The predicted molar refractivity (Wildman–Crippen MR) is 65.7 cm³/mol. The van der Waals surface area contributed by atoms with Crippen molar-refractivity contribution in [2.45, 2.75) is 59.3 Å². The van der Waals surface area contributed by atoms with Crippen LogP contribution in [0, 0.1) is 5.92 Å². The molecule has 0 aromatic heterocycles. The van der Waals surface area contributed by atoms with Crippen LogP contribution in [0.25, 0.3) is 0 Å². The van der Waals surface area contributed by atoms with Gasteiger partial charge >= 0.3 is 0 Å². The molecule has 1 nitrogen and oxygen atoms in total. The third-order valence-electron chi connectivity index (χ3n) is 2.37. The number of carbonyl (C=O) groups excluding carboxylic acids is 1. The summed E-state index contributed by atoms with van der Waals surface area (Å²) in [5.74, 6) is 1.50. The van der Waals surface area contributed by atoms with Crippen molar-refractivity contribution in [2.24, 2.45) is 5.92 Å². The van der Waals surface area contributed by atoms with Gasteiger partial charge in [-0.15, -0.1) is 0 Å². The van der Waals surface area contributed by atoms with Crippen LogP contribution in [-0.2, 0) is 4.79 Å². The molecule has 0 bridgehead atoms. The molecule has 0 saturated carbocycles. The molecule has 0 N–H and O–H groups in total. The summed E-state index contributed by atoms with van der Waals surface area (Å²) < 4.78 is 0. The van der Waals surface area contributed by atoms with Crippen LogP contribution >= 0.6 is 11.8 Å². The number of carbonyl (C=O) groups is 1. The Hall–Kier alpha value is 0.0200. The summed E-state index contributed by atoms with van der Waals surface area (Å²) in [5, 5.41) is 0.371. The summed E-state index contributed by atoms with van der Waals surface area (Å²) >= 11 is 1.46. The third kappa shape index (κ3) is 8.61. The lowest BCUT2D eigenvalue weighted by Crippen LogP contribution is -2.02. The lowest BCUT2D eigenvalue weighted by Gasteiger charge is -2.09. The maximum absolute atomic E-state index is 11.3. The maximum Gasteiger partial charge on any atom is 0.189 e. The minimum Gasteiger partial charge on any atom is -0.287 e. The lowest BCUT2D eigenvalue weighted by atomic mass is 10.0. The highest BCUT2D eigenvalue weighted by Crippen LogP contribution is 2.17. The smallest absolute Gasteiger partial charge is 0.189 e. The van der Waals surface area contributed by atoms with Crippen molar-refractivity contribution in [1.29, 1.82) is 0 Å². The molecule has 14 heavy (non-hydrogen) atoms. The summed E-state index contributed by atoms with van der Waals surface area (Å²) in [6.07, 6.45) is 7.24. The van der Waals surface area contributed by atoms with Crippen molar-refractivity contribution < 1.29 is 4.79 Å². The van der Waals surface area contributed by atoms with E-state index in [0.29, 0.717) is 11.0 Å². The van der Waals surface area contributed by atoms with Gasteiger partial charge in [-0.25, -0.2) is 0 Å². The molecule has 84 valence electrons. The van der Waals surface area contributed by atoms with Gasteiger partial charge in [0.05, 0.1) is 0 Å². The largest absolute Gasteiger partial charge is 0.287 e. The second-order valence-electron chi connectivity index (χ2n) is 3.96. The molecule has 0 rings (SSSR count). The molecule has 2 heteroatoms. The average Bonchev–Trinajstić information content (AvgIpc) is 2.13. The first-order chi connectivity index (χ1) is 6.70. The van der Waals surface area contributed by atoms with Gasteiger partial charge in [-0.2, -0.15) is 0 Å². The van der Waals surface area contributed by atoms with E-state index in [4.69, 9.17) is 0 Å². The standard InChI is InChI=1S/C12H24OS/c1-4-6-7-8-9-11(3)10-12(13)14-5-2/h11H,4-10H2,1-3H3. The van der Waals surface area contributed by atoms with Crippen molar-refractivity contribution in [3.8, 4) is 0 Å². The first-order valence-corrected chi connectivity index (χ1v) is 6.84. The van der Waals surface area contributed by atoms with Crippen LogP contribution in [0.2, 0.25) is 0 Å². The van der Waals surface area contributed by atoms with E-state index in [9.17, 15) is 4.79 Å². The summed E-state index contributed by atoms with van der Waals surface area (Å²) in [6, 6.07) is 0. The van der Waals surface area contributed by atoms with Gasteiger partial charge in [0.1, 0.15) is 0 Å². The second-order valence-corrected chi connectivity index (χ2v) is 5.29. The van der Waals surface area contributed by atoms with E-state index < -0.39 is 0 Å². The Morgan fingerprint density at radius 3 is 2.50 bits per heavy atom. The number of thioether (sulfide) groups is 1. The van der Waals surface area contributed by atoms with Gasteiger partial charge in [0.15, 0.2) is 5.12 Å². The first-order valence-electron chi connectivity index (χ1n) is 5.86. The average molecular weight is 216 g/mol. The first kappa shape index (κ1) is 14.0. The molecule has 0 aliphatic carbocycles. The molecule has 0 aromatic carbocycles. The van der Waals surface area contributed by atoms with Crippen LogP contribution in [-0.4, -0.2) is 10.9 Å². The Morgan fingerprint density at radius 2 is 1.93 bits per heavy atom. The van der Waals surface area contributed by atoms with Crippen molar-refractivity contribution >= 4 is 16.9 Å². The van der Waals surface area contributed by atoms with Gasteiger partial charge in [-0.3, -0.25) is 4.79 Å². The van der Waals surface area contributed by atoms with E-state index in [2.05, 4.69) is 13.8 Å². The van der Waals surface area contributed by atoms with Crippen LogP contribution in [0.5, 0.6) is 0 Å². The van der Waals surface area contributed by atoms with Crippen LogP contribution < -0.4 is 0 Å². The number of hydrogen-bond acceptors (Lipinski definition) is 2. The monoisotopic (exact) mass is 216 g/mol. The van der Waals surface area contributed by atoms with Gasteiger partial charge in [0, 0.05) is 6.42 Å². The molecule has 0 spiro atoms. The Balaban J connectivity index is 3.35. The molecule has 0 amide bonds. The Morgan fingerprint density at radius 1 is 1.21 bits per heavy atom. The zero-order valence-corrected chi connectivity index (χ0v) is 10.7. The third-order valence-corrected chi connectivity index (χ3v) is 3.15. The summed E-state index contributed by atoms with van der Waals surface area (Å²) in [5.41, 5.74) is 0. The molecule has 0 heterocycles. The summed E-state index contributed by atoms with van der Waals surface area (Å²) in [7, 11) is 0. The van der Waals surface area contributed by atoms with E-state index >= 15 is 0 Å². The van der Waals surface area contributed by atoms with Crippen LogP contribution in [0.1, 0.15) is 59.3 Å². The SMILES string of the molecule is CCCCCCC(C)CC(=O)SCC. The minimum absolute atomic E-state index is 0.371. The Labute approximate surface area is 93.0 Å². The quantitative estimate of drug-likeness (QED) is 0.564. The van der Waals surface area contributed by atoms with Gasteiger partial charge in [-0.05, 0) is 11.7 Å². The van der Waals surface area contributed by atoms with Crippen molar-refractivity contribution in [3.63, 3.8) is 0 Å². The fourth-order valence-corrected chi connectivity index (χ4v) is 2.25. The molecule has 1 atom stereocenters. The molecule has 0 fully saturated rings. The zero-order valence-electron chi connectivity index (χ0n) is 9.84. The summed E-state index contributed by atoms with van der Waals surface area (Å²) in [6.45, 7) is 6.46. The topological polar surface area (TPSA) is 17.1 Å². The highest BCUT2D eigenvalue weighted by atomic mass is 32.2. The van der Waals surface area contributed by atoms with Gasteiger partial charge < -0.3 is 0 Å². The minimum atomic E-state index is 0.371. The molecule has 0 radical (unpaired) electrons. The molecular weight excluding hydrogens is 192 g/mol. The highest BCUT2D eigenvalue weighted by Gasteiger charge is 2.08. The van der Waals surface area contributed by atoms with Gasteiger partial charge in [0.2, 0.25) is 0 Å². The highest BCUT2D eigenvalue weighted by molar-refractivity contribution is 8.13. The van der Waals surface area contributed by atoms with Crippen molar-refractivity contribution in [1.82, 2.24) is 0 Å². The van der Waals surface area contributed by atoms with E-state index in [1.54, 1.807) is 0 Å². The molecule has 0 saturated heterocycles. The lowest BCUT2D eigenvalue weighted by molar-refractivity contribution is -0.111. The van der Waals surface area contributed by atoms with Gasteiger partial charge in [-0.1, -0.05) is 64.6 Å². The molecule has 0 aromatic rings. The van der Waals surface area contributed by atoms with E-state index in [0.717, 1.165) is 12.2 Å². The number of rotatable bonds is 8. The number of hydrogen-bond donors (Lipinski definition) is 0. The zero-order chi connectivity index (χ0) is 10.8. The predicted octanol–water partition coefficient (Wildman–Crippen LogP) is 4.26. The number of unbranched alkanes of at least 4 members (excludes halogenated alkanes) is 3. The second kappa shape index (κ2) is 9.57. The summed E-state index contributed by atoms with van der Waals surface area (Å²) in [4.78, 5) is 11.3. The molecular formula is C12H24OS. The molecule has 0 aliphatic rings. The van der Waals surface area contributed by atoms with Crippen molar-refractivity contribution in [2.75, 3.05) is 5.75 Å². The van der Waals surface area contributed by atoms with Crippen LogP contribution in [0.4, 0.5) is 0 Å². The van der Waals surface area contributed by atoms with Crippen molar-refractivity contribution in [3.05, 3.63) is 0 Å². The molecule has 0 aliphatic heterocycles. The Kier molecular flexibility index (Phi) is 9.58. The maximum atomic E-state index is 11.3. The van der Waals surface area contributed by atoms with Crippen LogP contribution in [0.15, 0.2) is 0 Å². The fourth-order valence-electron chi connectivity index (χ4n) is 1.53. The van der Waals surface area contributed by atoms with E-state index in [-0.39, 0.29) is 0 Å². The van der Waals surface area contributed by atoms with Crippen LogP contribution in [0.3, 0.4) is 0 Å². The van der Waals surface area contributed by atoms with E-state index in [1.165, 1.54) is 43.9 Å².